The minimum atomic E-state index is -0.462. The molecule has 94 valence electrons. The Labute approximate surface area is 109 Å². The number of non-ortho nitro benzene ring substituents is 1. The summed E-state index contributed by atoms with van der Waals surface area (Å²) in [4.78, 5) is 14.4. The molecule has 0 atom stereocenters. The van der Waals surface area contributed by atoms with Crippen molar-refractivity contribution >= 4 is 17.3 Å². The number of aromatic nitrogens is 2. The van der Waals surface area contributed by atoms with Gasteiger partial charge in [0, 0.05) is 30.9 Å². The van der Waals surface area contributed by atoms with Crippen LogP contribution < -0.4 is 0 Å². The van der Waals surface area contributed by atoms with Crippen molar-refractivity contribution in [3.8, 4) is 5.69 Å². The number of hydrogen-bond acceptors (Lipinski definition) is 3. The van der Waals surface area contributed by atoms with Gasteiger partial charge in [0.1, 0.15) is 5.82 Å². The Hall–Kier alpha value is -1.88. The molecule has 0 aliphatic rings. The average molecular weight is 266 g/mol. The Morgan fingerprint density at radius 1 is 1.50 bits per heavy atom. The van der Waals surface area contributed by atoms with Crippen LogP contribution in [0.25, 0.3) is 5.69 Å². The topological polar surface area (TPSA) is 61.0 Å². The molecule has 0 spiro atoms. The predicted molar refractivity (Wildman–Crippen MR) is 69.2 cm³/mol. The summed E-state index contributed by atoms with van der Waals surface area (Å²) in [5.41, 5.74) is 0.698. The van der Waals surface area contributed by atoms with Gasteiger partial charge in [-0.05, 0) is 12.5 Å². The predicted octanol–water partition coefficient (Wildman–Crippen LogP) is 3.39. The molecule has 0 N–H and O–H groups in total. The lowest BCUT2D eigenvalue weighted by Gasteiger charge is -2.08. The van der Waals surface area contributed by atoms with Crippen molar-refractivity contribution in [1.82, 2.24) is 9.55 Å². The van der Waals surface area contributed by atoms with Crippen LogP contribution in [0.4, 0.5) is 5.69 Å². The molecule has 2 aromatic rings. The number of aryl methyl sites for hydroxylation is 1. The van der Waals surface area contributed by atoms with E-state index < -0.39 is 4.92 Å². The molecule has 0 aliphatic carbocycles. The van der Waals surface area contributed by atoms with Crippen LogP contribution in [-0.4, -0.2) is 14.5 Å². The van der Waals surface area contributed by atoms with E-state index in [1.54, 1.807) is 18.5 Å². The SMILES string of the molecule is CCCc1nccn1-c1ccc([N+](=O)[O-])cc1Cl. The van der Waals surface area contributed by atoms with Gasteiger partial charge in [0.15, 0.2) is 0 Å². The fourth-order valence-electron chi connectivity index (χ4n) is 1.77. The Balaban J connectivity index is 2.44. The van der Waals surface area contributed by atoms with E-state index >= 15 is 0 Å². The second kappa shape index (κ2) is 5.18. The number of hydrogen-bond donors (Lipinski definition) is 0. The van der Waals surface area contributed by atoms with Crippen molar-refractivity contribution in [3.05, 3.63) is 51.6 Å². The van der Waals surface area contributed by atoms with Gasteiger partial charge < -0.3 is 4.57 Å². The molecule has 1 aromatic heterocycles. The molecule has 18 heavy (non-hydrogen) atoms. The minimum absolute atomic E-state index is 0.0130. The maximum absolute atomic E-state index is 10.6. The van der Waals surface area contributed by atoms with Gasteiger partial charge in [-0.2, -0.15) is 0 Å². The summed E-state index contributed by atoms with van der Waals surface area (Å²) in [5, 5.41) is 11.0. The molecule has 0 amide bonds. The van der Waals surface area contributed by atoms with Gasteiger partial charge >= 0.3 is 0 Å². The van der Waals surface area contributed by atoms with Crippen LogP contribution in [0.2, 0.25) is 5.02 Å². The quantitative estimate of drug-likeness (QED) is 0.629. The number of halogens is 1. The number of nitrogens with zero attached hydrogens (tertiary/aromatic N) is 3. The van der Waals surface area contributed by atoms with Crippen LogP contribution in [0, 0.1) is 10.1 Å². The van der Waals surface area contributed by atoms with Crippen molar-refractivity contribution in [1.29, 1.82) is 0 Å². The van der Waals surface area contributed by atoms with Crippen molar-refractivity contribution in [2.45, 2.75) is 19.8 Å². The molecule has 6 heteroatoms. The van der Waals surface area contributed by atoms with Gasteiger partial charge in [-0.1, -0.05) is 18.5 Å². The van der Waals surface area contributed by atoms with Gasteiger partial charge in [-0.15, -0.1) is 0 Å². The summed E-state index contributed by atoms with van der Waals surface area (Å²) in [6, 6.07) is 4.44. The molecule has 0 fully saturated rings. The van der Waals surface area contributed by atoms with E-state index in [1.807, 2.05) is 4.57 Å². The highest BCUT2D eigenvalue weighted by Gasteiger charge is 2.12. The number of nitro benzene ring substituents is 1. The second-order valence-electron chi connectivity index (χ2n) is 3.86. The molecular formula is C12H12ClN3O2. The van der Waals surface area contributed by atoms with Gasteiger partial charge in [-0.3, -0.25) is 10.1 Å². The minimum Gasteiger partial charge on any atom is -0.302 e. The van der Waals surface area contributed by atoms with E-state index in [1.165, 1.54) is 12.1 Å². The van der Waals surface area contributed by atoms with Crippen LogP contribution in [0.5, 0.6) is 0 Å². The molecule has 0 saturated heterocycles. The first kappa shape index (κ1) is 12.6. The van der Waals surface area contributed by atoms with Gasteiger partial charge in [0.25, 0.3) is 5.69 Å². The Morgan fingerprint density at radius 3 is 2.89 bits per heavy atom. The van der Waals surface area contributed by atoms with E-state index in [0.29, 0.717) is 10.7 Å². The summed E-state index contributed by atoms with van der Waals surface area (Å²) < 4.78 is 1.86. The van der Waals surface area contributed by atoms with E-state index in [2.05, 4.69) is 11.9 Å². The second-order valence-corrected chi connectivity index (χ2v) is 4.26. The standard InChI is InChI=1S/C12H12ClN3O2/c1-2-3-12-14-6-7-15(12)11-5-4-9(16(17)18)8-10(11)13/h4-8H,2-3H2,1H3. The Kier molecular flexibility index (Phi) is 3.62. The molecule has 0 bridgehead atoms. The van der Waals surface area contributed by atoms with Crippen LogP contribution in [0.1, 0.15) is 19.2 Å². The highest BCUT2D eigenvalue weighted by Crippen LogP contribution is 2.26. The number of imidazole rings is 1. The largest absolute Gasteiger partial charge is 0.302 e. The van der Waals surface area contributed by atoms with Crippen molar-refractivity contribution in [2.24, 2.45) is 0 Å². The molecule has 0 aliphatic heterocycles. The highest BCUT2D eigenvalue weighted by atomic mass is 35.5. The fourth-order valence-corrected chi connectivity index (χ4v) is 2.03. The van der Waals surface area contributed by atoms with Crippen molar-refractivity contribution in [3.63, 3.8) is 0 Å². The van der Waals surface area contributed by atoms with Crippen molar-refractivity contribution in [2.75, 3.05) is 0 Å². The molecule has 5 nitrogen and oxygen atoms in total. The molecule has 1 heterocycles. The fraction of sp³-hybridized carbons (Fsp3) is 0.250. The van der Waals surface area contributed by atoms with Crippen LogP contribution >= 0.6 is 11.6 Å². The number of rotatable bonds is 4. The molecule has 0 radical (unpaired) electrons. The van der Waals surface area contributed by atoms with Crippen molar-refractivity contribution < 1.29 is 4.92 Å². The Bertz CT molecular complexity index is 580. The third kappa shape index (κ3) is 2.36. The van der Waals surface area contributed by atoms with Gasteiger partial charge in [0.05, 0.1) is 15.6 Å². The first-order chi connectivity index (χ1) is 8.63. The van der Waals surface area contributed by atoms with E-state index in [4.69, 9.17) is 11.6 Å². The zero-order valence-electron chi connectivity index (χ0n) is 9.84. The maximum atomic E-state index is 10.6. The molecular weight excluding hydrogens is 254 g/mol. The summed E-state index contributed by atoms with van der Waals surface area (Å²) in [6.45, 7) is 2.07. The molecule has 2 rings (SSSR count). The zero-order chi connectivity index (χ0) is 13.1. The first-order valence-electron chi connectivity index (χ1n) is 5.60. The van der Waals surface area contributed by atoms with E-state index in [-0.39, 0.29) is 5.69 Å². The van der Waals surface area contributed by atoms with Crippen LogP contribution in [-0.2, 0) is 6.42 Å². The van der Waals surface area contributed by atoms with E-state index in [9.17, 15) is 10.1 Å². The number of nitro groups is 1. The smallest absolute Gasteiger partial charge is 0.271 e. The third-order valence-electron chi connectivity index (χ3n) is 2.59. The summed E-state index contributed by atoms with van der Waals surface area (Å²) in [6.07, 6.45) is 5.31. The summed E-state index contributed by atoms with van der Waals surface area (Å²) >= 11 is 6.08. The monoisotopic (exact) mass is 265 g/mol. The lowest BCUT2D eigenvalue weighted by molar-refractivity contribution is -0.384. The molecule has 0 saturated carbocycles. The zero-order valence-corrected chi connectivity index (χ0v) is 10.6. The molecule has 0 unspecified atom stereocenters. The lowest BCUT2D eigenvalue weighted by atomic mass is 10.2. The highest BCUT2D eigenvalue weighted by molar-refractivity contribution is 6.32. The summed E-state index contributed by atoms with van der Waals surface area (Å²) in [7, 11) is 0. The van der Waals surface area contributed by atoms with E-state index in [0.717, 1.165) is 18.7 Å². The average Bonchev–Trinajstić information content (AvgIpc) is 2.77. The maximum Gasteiger partial charge on any atom is 0.271 e. The van der Waals surface area contributed by atoms with Gasteiger partial charge in [0.2, 0.25) is 0 Å². The lowest BCUT2D eigenvalue weighted by Crippen LogP contribution is -2.01. The van der Waals surface area contributed by atoms with Crippen LogP contribution in [0.15, 0.2) is 30.6 Å². The third-order valence-corrected chi connectivity index (χ3v) is 2.90. The Morgan fingerprint density at radius 2 is 2.28 bits per heavy atom. The number of benzene rings is 1. The van der Waals surface area contributed by atoms with Crippen LogP contribution in [0.3, 0.4) is 0 Å². The first-order valence-corrected chi connectivity index (χ1v) is 5.97. The van der Waals surface area contributed by atoms with Gasteiger partial charge in [-0.25, -0.2) is 4.98 Å². The molecule has 1 aromatic carbocycles. The normalized spacial score (nSPS) is 10.6. The summed E-state index contributed by atoms with van der Waals surface area (Å²) in [5.74, 6) is 0.897.